The van der Waals surface area contributed by atoms with Gasteiger partial charge in [-0.2, -0.15) is 23.5 Å². The van der Waals surface area contributed by atoms with Crippen LogP contribution in [0.25, 0.3) is 22.4 Å². The fourth-order valence-electron chi connectivity index (χ4n) is 2.49. The van der Waals surface area contributed by atoms with Gasteiger partial charge in [0.2, 0.25) is 0 Å². The molecule has 1 aromatic heterocycles. The van der Waals surface area contributed by atoms with Gasteiger partial charge in [0.15, 0.2) is 0 Å². The molecule has 0 saturated heterocycles. The Balaban J connectivity index is 2.24. The second kappa shape index (κ2) is 6.44. The van der Waals surface area contributed by atoms with Gasteiger partial charge in [-0.15, -0.1) is 0 Å². The van der Waals surface area contributed by atoms with Crippen molar-refractivity contribution < 1.29 is 17.6 Å². The maximum Gasteiger partial charge on any atom is 0.419 e. The van der Waals surface area contributed by atoms with Crippen molar-refractivity contribution in [3.05, 3.63) is 75.8 Å². The molecule has 130 valence electrons. The van der Waals surface area contributed by atoms with E-state index < -0.39 is 23.1 Å². The number of rotatable bonds is 2. The number of hydrogen-bond acceptors (Lipinski definition) is 3. The van der Waals surface area contributed by atoms with Crippen molar-refractivity contribution in [2.75, 3.05) is 0 Å². The second-order valence-corrected chi connectivity index (χ2v) is 5.38. The first-order valence-corrected chi connectivity index (χ1v) is 7.27. The number of nitriles is 1. The Labute approximate surface area is 144 Å². The predicted octanol–water partition coefficient (Wildman–Crippen LogP) is 4.13. The molecule has 0 spiro atoms. The SMILES string of the molecule is N#Cc1cccc(-c2cc(=O)[nH]nc2-c2ccc(F)c(C(F)(F)F)c2)c1. The number of nitrogens with zero attached hydrogens (tertiary/aromatic N) is 2. The lowest BCUT2D eigenvalue weighted by atomic mass is 9.97. The van der Waals surface area contributed by atoms with E-state index in [1.54, 1.807) is 18.2 Å². The summed E-state index contributed by atoms with van der Waals surface area (Å²) in [5.41, 5.74) is -1.02. The first-order chi connectivity index (χ1) is 12.3. The number of aromatic amines is 1. The monoisotopic (exact) mass is 359 g/mol. The van der Waals surface area contributed by atoms with Crippen LogP contribution in [0.15, 0.2) is 53.3 Å². The van der Waals surface area contributed by atoms with E-state index in [4.69, 9.17) is 5.26 Å². The van der Waals surface area contributed by atoms with Crippen molar-refractivity contribution in [3.8, 4) is 28.5 Å². The molecular formula is C18H9F4N3O. The van der Waals surface area contributed by atoms with Crippen LogP contribution in [-0.4, -0.2) is 10.2 Å². The Hall–Kier alpha value is -3.47. The quantitative estimate of drug-likeness (QED) is 0.700. The average Bonchev–Trinajstić information content (AvgIpc) is 2.61. The highest BCUT2D eigenvalue weighted by molar-refractivity contribution is 5.81. The minimum absolute atomic E-state index is 0.0210. The molecule has 0 unspecified atom stereocenters. The third-order valence-electron chi connectivity index (χ3n) is 3.66. The van der Waals surface area contributed by atoms with Gasteiger partial charge in [-0.05, 0) is 35.9 Å². The summed E-state index contributed by atoms with van der Waals surface area (Å²) in [6, 6.07) is 11.8. The zero-order valence-corrected chi connectivity index (χ0v) is 12.9. The third kappa shape index (κ3) is 3.32. The van der Waals surface area contributed by atoms with E-state index in [9.17, 15) is 22.4 Å². The van der Waals surface area contributed by atoms with Crippen LogP contribution in [0, 0.1) is 17.1 Å². The minimum Gasteiger partial charge on any atom is -0.268 e. The van der Waals surface area contributed by atoms with Crippen molar-refractivity contribution in [1.82, 2.24) is 10.2 Å². The van der Waals surface area contributed by atoms with Crippen LogP contribution in [0.4, 0.5) is 17.6 Å². The summed E-state index contributed by atoms with van der Waals surface area (Å²) < 4.78 is 52.5. The molecule has 0 amide bonds. The van der Waals surface area contributed by atoms with Crippen molar-refractivity contribution in [1.29, 1.82) is 5.26 Å². The standard InChI is InChI=1S/C18H9F4N3O/c19-15-5-4-12(7-14(15)18(20,21)22)17-13(8-16(26)24-25-17)11-3-1-2-10(6-11)9-23/h1-8H,(H,24,26). The van der Waals surface area contributed by atoms with E-state index in [1.807, 2.05) is 6.07 Å². The van der Waals surface area contributed by atoms with E-state index in [2.05, 4.69) is 10.2 Å². The molecule has 4 nitrogen and oxygen atoms in total. The molecule has 0 aliphatic heterocycles. The minimum atomic E-state index is -4.87. The molecule has 3 aromatic rings. The largest absolute Gasteiger partial charge is 0.419 e. The molecule has 0 aliphatic rings. The summed E-state index contributed by atoms with van der Waals surface area (Å²) >= 11 is 0. The van der Waals surface area contributed by atoms with Gasteiger partial charge in [0.25, 0.3) is 5.56 Å². The number of hydrogen-bond donors (Lipinski definition) is 1. The Kier molecular flexibility index (Phi) is 4.30. The highest BCUT2D eigenvalue weighted by Crippen LogP contribution is 2.36. The predicted molar refractivity (Wildman–Crippen MR) is 85.4 cm³/mol. The first kappa shape index (κ1) is 17.4. The smallest absolute Gasteiger partial charge is 0.268 e. The normalized spacial score (nSPS) is 11.2. The van der Waals surface area contributed by atoms with E-state index in [0.29, 0.717) is 23.3 Å². The van der Waals surface area contributed by atoms with E-state index in [1.165, 1.54) is 6.07 Å². The summed E-state index contributed by atoms with van der Waals surface area (Å²) in [6.07, 6.45) is -4.87. The fourth-order valence-corrected chi connectivity index (χ4v) is 2.49. The Morgan fingerprint density at radius 2 is 1.81 bits per heavy atom. The molecule has 0 fully saturated rings. The lowest BCUT2D eigenvalue weighted by Crippen LogP contribution is -2.10. The molecule has 8 heteroatoms. The maximum absolute atomic E-state index is 13.5. The summed E-state index contributed by atoms with van der Waals surface area (Å²) in [5.74, 6) is -1.40. The first-order valence-electron chi connectivity index (χ1n) is 7.27. The third-order valence-corrected chi connectivity index (χ3v) is 3.66. The molecule has 3 rings (SSSR count). The summed E-state index contributed by atoms with van der Waals surface area (Å²) in [7, 11) is 0. The maximum atomic E-state index is 13.5. The Bertz CT molecular complexity index is 1080. The van der Waals surface area contributed by atoms with Crippen LogP contribution in [0.5, 0.6) is 0 Å². The molecule has 1 heterocycles. The molecular weight excluding hydrogens is 350 g/mol. The molecule has 0 saturated carbocycles. The van der Waals surface area contributed by atoms with Crippen molar-refractivity contribution in [3.63, 3.8) is 0 Å². The second-order valence-electron chi connectivity index (χ2n) is 5.38. The van der Waals surface area contributed by atoms with Crippen LogP contribution in [0.2, 0.25) is 0 Å². The molecule has 0 aliphatic carbocycles. The van der Waals surface area contributed by atoms with E-state index in [-0.39, 0.29) is 16.8 Å². The summed E-state index contributed by atoms with van der Waals surface area (Å²) in [4.78, 5) is 11.7. The van der Waals surface area contributed by atoms with Crippen LogP contribution in [0.1, 0.15) is 11.1 Å². The van der Waals surface area contributed by atoms with Crippen LogP contribution in [0.3, 0.4) is 0 Å². The molecule has 0 atom stereocenters. The van der Waals surface area contributed by atoms with Gasteiger partial charge in [0.05, 0.1) is 22.9 Å². The Morgan fingerprint density at radius 3 is 2.50 bits per heavy atom. The van der Waals surface area contributed by atoms with Gasteiger partial charge in [0, 0.05) is 17.2 Å². The number of H-pyrrole nitrogens is 1. The number of nitrogens with one attached hydrogen (secondary N) is 1. The lowest BCUT2D eigenvalue weighted by molar-refractivity contribution is -0.139. The molecule has 26 heavy (non-hydrogen) atoms. The van der Waals surface area contributed by atoms with Gasteiger partial charge < -0.3 is 0 Å². The Morgan fingerprint density at radius 1 is 1.04 bits per heavy atom. The molecule has 1 N–H and O–H groups in total. The van der Waals surface area contributed by atoms with Crippen LogP contribution >= 0.6 is 0 Å². The topological polar surface area (TPSA) is 69.5 Å². The summed E-state index contributed by atoms with van der Waals surface area (Å²) in [6.45, 7) is 0. The highest BCUT2D eigenvalue weighted by atomic mass is 19.4. The fraction of sp³-hybridized carbons (Fsp3) is 0.0556. The number of aromatic nitrogens is 2. The van der Waals surface area contributed by atoms with Gasteiger partial charge in [-0.25, -0.2) is 9.49 Å². The molecule has 0 bridgehead atoms. The number of halogens is 4. The van der Waals surface area contributed by atoms with Crippen molar-refractivity contribution in [2.24, 2.45) is 0 Å². The highest BCUT2D eigenvalue weighted by Gasteiger charge is 2.34. The zero-order valence-electron chi connectivity index (χ0n) is 12.9. The van der Waals surface area contributed by atoms with Gasteiger partial charge in [-0.1, -0.05) is 12.1 Å². The molecule has 0 radical (unpaired) electrons. The lowest BCUT2D eigenvalue weighted by Gasteiger charge is -2.12. The van der Waals surface area contributed by atoms with E-state index in [0.717, 1.165) is 12.1 Å². The van der Waals surface area contributed by atoms with Gasteiger partial charge in [-0.3, -0.25) is 4.79 Å². The molecule has 2 aromatic carbocycles. The average molecular weight is 359 g/mol. The zero-order chi connectivity index (χ0) is 18.9. The van der Waals surface area contributed by atoms with Crippen LogP contribution < -0.4 is 5.56 Å². The number of alkyl halides is 3. The van der Waals surface area contributed by atoms with Crippen molar-refractivity contribution in [2.45, 2.75) is 6.18 Å². The van der Waals surface area contributed by atoms with Gasteiger partial charge in [0.1, 0.15) is 5.82 Å². The summed E-state index contributed by atoms with van der Waals surface area (Å²) in [5, 5.41) is 15.0. The number of benzene rings is 2. The van der Waals surface area contributed by atoms with Gasteiger partial charge >= 0.3 is 6.18 Å². The van der Waals surface area contributed by atoms with Crippen LogP contribution in [-0.2, 0) is 6.18 Å². The van der Waals surface area contributed by atoms with E-state index >= 15 is 0 Å². The van der Waals surface area contributed by atoms with Crippen molar-refractivity contribution >= 4 is 0 Å².